The largest absolute Gasteiger partial charge is 0.368 e. The number of guanidine groups is 1. The van der Waals surface area contributed by atoms with Crippen molar-refractivity contribution in [1.29, 1.82) is 0 Å². The molecule has 7 heteroatoms. The third kappa shape index (κ3) is 5.39. The quantitative estimate of drug-likeness (QED) is 0.573. The van der Waals surface area contributed by atoms with Crippen LogP contribution in [0.25, 0.3) is 0 Å². The summed E-state index contributed by atoms with van der Waals surface area (Å²) in [6.45, 7) is 11.9. The highest BCUT2D eigenvalue weighted by Crippen LogP contribution is 2.20. The zero-order valence-corrected chi connectivity index (χ0v) is 19.1. The zero-order valence-electron chi connectivity index (χ0n) is 19.1. The van der Waals surface area contributed by atoms with Crippen molar-refractivity contribution in [2.75, 3.05) is 52.4 Å². The molecule has 4 rings (SSSR count). The minimum absolute atomic E-state index is 0.165. The highest BCUT2D eigenvalue weighted by atomic mass is 16.5. The second-order valence-corrected chi connectivity index (χ2v) is 8.85. The lowest BCUT2D eigenvalue weighted by atomic mass is 9.99. The lowest BCUT2D eigenvalue weighted by Gasteiger charge is -2.38. The highest BCUT2D eigenvalue weighted by molar-refractivity contribution is 5.82. The number of nitrogens with zero attached hydrogens (tertiary/aromatic N) is 4. The summed E-state index contributed by atoms with van der Waals surface area (Å²) < 4.78 is 5.58. The molecule has 2 fully saturated rings. The molecule has 2 saturated heterocycles. The summed E-state index contributed by atoms with van der Waals surface area (Å²) in [4.78, 5) is 24.4. The maximum Gasteiger partial charge on any atom is 0.251 e. The molecule has 170 valence electrons. The van der Waals surface area contributed by atoms with E-state index in [9.17, 15) is 4.79 Å². The van der Waals surface area contributed by atoms with Crippen molar-refractivity contribution in [3.05, 3.63) is 35.4 Å². The SMILES string of the molecule is CCNC(=NCC(C)N1CCc2ccccc2C1)N1CCN(C(=O)C2CCCO2)CC1. The van der Waals surface area contributed by atoms with E-state index in [0.717, 1.165) is 77.6 Å². The fourth-order valence-electron chi connectivity index (χ4n) is 4.77. The highest BCUT2D eigenvalue weighted by Gasteiger charge is 2.31. The van der Waals surface area contributed by atoms with Gasteiger partial charge in [0.05, 0.1) is 6.54 Å². The summed E-state index contributed by atoms with van der Waals surface area (Å²) >= 11 is 0. The molecule has 3 aliphatic rings. The average Bonchev–Trinajstić information content (AvgIpc) is 3.36. The Morgan fingerprint density at radius 2 is 1.90 bits per heavy atom. The molecular formula is C24H37N5O2. The number of amides is 1. The summed E-state index contributed by atoms with van der Waals surface area (Å²) in [6, 6.07) is 9.17. The molecule has 0 aromatic heterocycles. The van der Waals surface area contributed by atoms with Gasteiger partial charge in [-0.05, 0) is 44.2 Å². The van der Waals surface area contributed by atoms with Crippen molar-refractivity contribution >= 4 is 11.9 Å². The van der Waals surface area contributed by atoms with E-state index in [2.05, 4.69) is 53.2 Å². The molecule has 7 nitrogen and oxygen atoms in total. The summed E-state index contributed by atoms with van der Waals surface area (Å²) in [6.07, 6.45) is 2.76. The van der Waals surface area contributed by atoms with Crippen molar-refractivity contribution in [3.63, 3.8) is 0 Å². The first-order valence-corrected chi connectivity index (χ1v) is 11.9. The number of piperazine rings is 1. The topological polar surface area (TPSA) is 60.4 Å². The maximum atomic E-state index is 12.6. The van der Waals surface area contributed by atoms with Gasteiger partial charge in [-0.15, -0.1) is 0 Å². The van der Waals surface area contributed by atoms with Crippen molar-refractivity contribution in [2.45, 2.75) is 51.8 Å². The van der Waals surface area contributed by atoms with E-state index in [1.807, 2.05) is 4.90 Å². The molecule has 1 aromatic rings. The molecular weight excluding hydrogens is 390 g/mol. The van der Waals surface area contributed by atoms with Crippen molar-refractivity contribution in [3.8, 4) is 0 Å². The summed E-state index contributed by atoms with van der Waals surface area (Å²) in [5, 5.41) is 3.45. The molecule has 1 aromatic carbocycles. The van der Waals surface area contributed by atoms with E-state index in [-0.39, 0.29) is 12.0 Å². The van der Waals surface area contributed by atoms with Gasteiger partial charge in [-0.2, -0.15) is 0 Å². The number of ether oxygens (including phenoxy) is 1. The first-order chi connectivity index (χ1) is 15.2. The summed E-state index contributed by atoms with van der Waals surface area (Å²) in [5.41, 5.74) is 2.93. The van der Waals surface area contributed by atoms with E-state index >= 15 is 0 Å². The van der Waals surface area contributed by atoms with Crippen LogP contribution in [0, 0.1) is 0 Å². The smallest absolute Gasteiger partial charge is 0.251 e. The van der Waals surface area contributed by atoms with Crippen LogP contribution in [-0.2, 0) is 22.5 Å². The molecule has 0 bridgehead atoms. The third-order valence-corrected chi connectivity index (χ3v) is 6.72. The Balaban J connectivity index is 1.31. The van der Waals surface area contributed by atoms with Crippen LogP contribution >= 0.6 is 0 Å². The number of rotatable bonds is 5. The molecule has 3 aliphatic heterocycles. The van der Waals surface area contributed by atoms with Crippen molar-refractivity contribution < 1.29 is 9.53 Å². The van der Waals surface area contributed by atoms with Gasteiger partial charge in [-0.25, -0.2) is 0 Å². The second-order valence-electron chi connectivity index (χ2n) is 8.85. The molecule has 1 amide bonds. The van der Waals surface area contributed by atoms with Crippen molar-refractivity contribution in [1.82, 2.24) is 20.0 Å². The Kier molecular flexibility index (Phi) is 7.45. The van der Waals surface area contributed by atoms with E-state index < -0.39 is 0 Å². The first-order valence-electron chi connectivity index (χ1n) is 11.9. The van der Waals surface area contributed by atoms with Crippen LogP contribution in [-0.4, -0.2) is 91.1 Å². The van der Waals surface area contributed by atoms with Gasteiger partial charge in [0.25, 0.3) is 5.91 Å². The number of carbonyl (C=O) groups excluding carboxylic acids is 1. The molecule has 0 saturated carbocycles. The molecule has 0 spiro atoms. The van der Waals surface area contributed by atoms with E-state index in [1.54, 1.807) is 0 Å². The van der Waals surface area contributed by atoms with Crippen LogP contribution in [0.5, 0.6) is 0 Å². The molecule has 1 N–H and O–H groups in total. The number of benzene rings is 1. The molecule has 0 radical (unpaired) electrons. The number of hydrogen-bond donors (Lipinski definition) is 1. The Labute approximate surface area is 186 Å². The number of hydrogen-bond acceptors (Lipinski definition) is 4. The summed E-state index contributed by atoms with van der Waals surface area (Å²) in [5.74, 6) is 1.13. The van der Waals surface area contributed by atoms with Gasteiger partial charge in [0.2, 0.25) is 0 Å². The minimum atomic E-state index is -0.219. The average molecular weight is 428 g/mol. The van der Waals surface area contributed by atoms with Crippen LogP contribution in [0.2, 0.25) is 0 Å². The van der Waals surface area contributed by atoms with Gasteiger partial charge in [0.1, 0.15) is 6.10 Å². The van der Waals surface area contributed by atoms with Gasteiger partial charge in [0.15, 0.2) is 5.96 Å². The second kappa shape index (κ2) is 10.5. The van der Waals surface area contributed by atoms with Crippen LogP contribution in [0.4, 0.5) is 0 Å². The minimum Gasteiger partial charge on any atom is -0.368 e. The van der Waals surface area contributed by atoms with Gasteiger partial charge in [-0.3, -0.25) is 14.7 Å². The maximum absolute atomic E-state index is 12.6. The fourth-order valence-corrected chi connectivity index (χ4v) is 4.77. The molecule has 2 atom stereocenters. The van der Waals surface area contributed by atoms with Crippen LogP contribution in [0.1, 0.15) is 37.8 Å². The fraction of sp³-hybridized carbons (Fsp3) is 0.667. The van der Waals surface area contributed by atoms with E-state index in [1.165, 1.54) is 11.1 Å². The first kappa shape index (κ1) is 22.1. The normalized spacial score (nSPS) is 23.5. The Bertz CT molecular complexity index is 769. The van der Waals surface area contributed by atoms with Crippen LogP contribution < -0.4 is 5.32 Å². The molecule has 31 heavy (non-hydrogen) atoms. The monoisotopic (exact) mass is 427 g/mol. The molecule has 2 unspecified atom stereocenters. The number of fused-ring (bicyclic) bond motifs is 1. The van der Waals surface area contributed by atoms with E-state index in [4.69, 9.17) is 9.73 Å². The van der Waals surface area contributed by atoms with Crippen LogP contribution in [0.3, 0.4) is 0 Å². The van der Waals surface area contributed by atoms with E-state index in [0.29, 0.717) is 12.6 Å². The third-order valence-electron chi connectivity index (χ3n) is 6.72. The summed E-state index contributed by atoms with van der Waals surface area (Å²) in [7, 11) is 0. The van der Waals surface area contributed by atoms with Crippen LogP contribution in [0.15, 0.2) is 29.3 Å². The lowest BCUT2D eigenvalue weighted by Crippen LogP contribution is -2.55. The number of nitrogens with one attached hydrogen (secondary N) is 1. The Morgan fingerprint density at radius 1 is 1.16 bits per heavy atom. The zero-order chi connectivity index (χ0) is 21.6. The molecule has 3 heterocycles. The van der Waals surface area contributed by atoms with Gasteiger partial charge in [0, 0.05) is 58.5 Å². The van der Waals surface area contributed by atoms with Gasteiger partial charge >= 0.3 is 0 Å². The van der Waals surface area contributed by atoms with Gasteiger partial charge in [-0.1, -0.05) is 24.3 Å². The molecule has 0 aliphatic carbocycles. The number of carbonyl (C=O) groups is 1. The lowest BCUT2D eigenvalue weighted by molar-refractivity contribution is -0.142. The Morgan fingerprint density at radius 3 is 2.61 bits per heavy atom. The van der Waals surface area contributed by atoms with Crippen molar-refractivity contribution in [2.24, 2.45) is 4.99 Å². The predicted octanol–water partition coefficient (Wildman–Crippen LogP) is 1.72. The predicted molar refractivity (Wildman–Crippen MR) is 123 cm³/mol. The standard InChI is InChI=1S/C24H37N5O2/c1-3-25-24(28-14-12-27(13-15-28)23(30)22-9-6-16-31-22)26-17-19(2)29-11-10-20-7-4-5-8-21(20)18-29/h4-5,7-8,19,22H,3,6,9-18H2,1-2H3,(H,25,26). The number of aliphatic imine (C=N–C) groups is 1. The van der Waals surface area contributed by atoms with Gasteiger partial charge < -0.3 is 19.9 Å². The Hall–Kier alpha value is -2.12.